The van der Waals surface area contributed by atoms with E-state index in [0.29, 0.717) is 11.9 Å². The van der Waals surface area contributed by atoms with Gasteiger partial charge < -0.3 is 4.90 Å². The first-order valence-electron chi connectivity index (χ1n) is 8.32. The Morgan fingerprint density at radius 1 is 1.24 bits per heavy atom. The number of hydrogen-bond donors (Lipinski definition) is 1. The standard InChI is InChI=1S/C18H26N2O/c1-14-6-5-9-16(12-14)20-13-19-17(18(20)21)11-10-15-7-3-2-4-8-15/h2-4,7-8,14,16-17,19H,5-6,9-13H2,1H3. The number of amides is 1. The Kier molecular flexibility index (Phi) is 4.59. The van der Waals surface area contributed by atoms with Crippen molar-refractivity contribution < 1.29 is 4.79 Å². The molecule has 3 heteroatoms. The van der Waals surface area contributed by atoms with Crippen LogP contribution in [-0.2, 0) is 11.2 Å². The Balaban J connectivity index is 1.54. The van der Waals surface area contributed by atoms with Gasteiger partial charge in [0.15, 0.2) is 0 Å². The van der Waals surface area contributed by atoms with Gasteiger partial charge in [0.25, 0.3) is 0 Å². The number of hydrogen-bond acceptors (Lipinski definition) is 2. The molecule has 1 saturated carbocycles. The predicted molar refractivity (Wildman–Crippen MR) is 84.8 cm³/mol. The van der Waals surface area contributed by atoms with Crippen molar-refractivity contribution in [3.8, 4) is 0 Å². The molecular formula is C18H26N2O. The van der Waals surface area contributed by atoms with E-state index >= 15 is 0 Å². The first-order valence-corrected chi connectivity index (χ1v) is 8.32. The van der Waals surface area contributed by atoms with Crippen molar-refractivity contribution in [1.29, 1.82) is 0 Å². The third kappa shape index (κ3) is 3.46. The second kappa shape index (κ2) is 6.61. The first-order chi connectivity index (χ1) is 10.2. The quantitative estimate of drug-likeness (QED) is 0.923. The lowest BCUT2D eigenvalue weighted by Gasteiger charge is -2.33. The summed E-state index contributed by atoms with van der Waals surface area (Å²) in [5.74, 6) is 1.09. The van der Waals surface area contributed by atoms with E-state index in [4.69, 9.17) is 0 Å². The van der Waals surface area contributed by atoms with Gasteiger partial charge >= 0.3 is 0 Å². The monoisotopic (exact) mass is 286 g/mol. The summed E-state index contributed by atoms with van der Waals surface area (Å²) >= 11 is 0. The Hall–Kier alpha value is -1.35. The highest BCUT2D eigenvalue weighted by molar-refractivity contribution is 5.84. The van der Waals surface area contributed by atoms with E-state index in [9.17, 15) is 4.79 Å². The van der Waals surface area contributed by atoms with E-state index in [-0.39, 0.29) is 6.04 Å². The van der Waals surface area contributed by atoms with Crippen LogP contribution in [0.5, 0.6) is 0 Å². The smallest absolute Gasteiger partial charge is 0.241 e. The Morgan fingerprint density at radius 3 is 2.81 bits per heavy atom. The van der Waals surface area contributed by atoms with Gasteiger partial charge in [0.2, 0.25) is 5.91 Å². The summed E-state index contributed by atoms with van der Waals surface area (Å²) in [5.41, 5.74) is 1.32. The van der Waals surface area contributed by atoms with Crippen molar-refractivity contribution in [2.75, 3.05) is 6.67 Å². The van der Waals surface area contributed by atoms with Crippen LogP contribution >= 0.6 is 0 Å². The SMILES string of the molecule is CC1CCCC(N2CNC(CCc3ccccc3)C2=O)C1. The molecule has 1 amide bonds. The highest BCUT2D eigenvalue weighted by Crippen LogP contribution is 2.29. The van der Waals surface area contributed by atoms with Gasteiger partial charge in [0, 0.05) is 6.04 Å². The number of rotatable bonds is 4. The maximum atomic E-state index is 12.6. The van der Waals surface area contributed by atoms with E-state index in [1.807, 2.05) is 6.07 Å². The number of carbonyl (C=O) groups excluding carboxylic acids is 1. The highest BCUT2D eigenvalue weighted by Gasteiger charge is 2.36. The van der Waals surface area contributed by atoms with Crippen LogP contribution in [0.3, 0.4) is 0 Å². The summed E-state index contributed by atoms with van der Waals surface area (Å²) in [6, 6.07) is 10.9. The molecule has 1 aliphatic carbocycles. The van der Waals surface area contributed by atoms with Crippen LogP contribution in [0.4, 0.5) is 0 Å². The van der Waals surface area contributed by atoms with Gasteiger partial charge in [0.1, 0.15) is 0 Å². The molecule has 1 N–H and O–H groups in total. The Bertz CT molecular complexity index is 473. The fourth-order valence-electron chi connectivity index (χ4n) is 3.75. The normalized spacial score (nSPS) is 29.9. The molecule has 3 atom stereocenters. The number of aryl methyl sites for hydroxylation is 1. The van der Waals surface area contributed by atoms with Crippen molar-refractivity contribution >= 4 is 5.91 Å². The lowest BCUT2D eigenvalue weighted by molar-refractivity contribution is -0.131. The molecule has 1 aliphatic heterocycles. The van der Waals surface area contributed by atoms with Gasteiger partial charge in [-0.1, -0.05) is 50.1 Å². The molecule has 0 aromatic heterocycles. The summed E-state index contributed by atoms with van der Waals surface area (Å²) in [5, 5.41) is 3.42. The molecule has 2 fully saturated rings. The fraction of sp³-hybridized carbons (Fsp3) is 0.611. The van der Waals surface area contributed by atoms with Gasteiger partial charge in [-0.2, -0.15) is 0 Å². The van der Waals surface area contributed by atoms with E-state index in [1.165, 1.54) is 31.2 Å². The largest absolute Gasteiger partial charge is 0.326 e. The van der Waals surface area contributed by atoms with Gasteiger partial charge in [0.05, 0.1) is 12.7 Å². The zero-order valence-corrected chi connectivity index (χ0v) is 12.9. The minimum atomic E-state index is 0.0161. The van der Waals surface area contributed by atoms with Crippen molar-refractivity contribution in [3.63, 3.8) is 0 Å². The van der Waals surface area contributed by atoms with E-state index < -0.39 is 0 Å². The summed E-state index contributed by atoms with van der Waals surface area (Å²) in [6.07, 6.45) is 6.83. The van der Waals surface area contributed by atoms with E-state index in [0.717, 1.165) is 25.4 Å². The lowest BCUT2D eigenvalue weighted by atomic mass is 9.86. The third-order valence-corrected chi connectivity index (χ3v) is 5.00. The second-order valence-corrected chi connectivity index (χ2v) is 6.67. The molecule has 0 radical (unpaired) electrons. The molecule has 3 unspecified atom stereocenters. The lowest BCUT2D eigenvalue weighted by Crippen LogP contribution is -2.41. The molecule has 3 rings (SSSR count). The zero-order chi connectivity index (χ0) is 14.7. The molecule has 2 aliphatic rings. The average molecular weight is 286 g/mol. The second-order valence-electron chi connectivity index (χ2n) is 6.67. The van der Waals surface area contributed by atoms with Crippen molar-refractivity contribution in [2.24, 2.45) is 5.92 Å². The molecule has 1 heterocycles. The predicted octanol–water partition coefficient (Wildman–Crippen LogP) is 2.96. The van der Waals surface area contributed by atoms with Crippen LogP contribution in [0.1, 0.15) is 44.6 Å². The summed E-state index contributed by atoms with van der Waals surface area (Å²) in [7, 11) is 0. The first kappa shape index (κ1) is 14.6. The van der Waals surface area contributed by atoms with Crippen molar-refractivity contribution in [1.82, 2.24) is 10.2 Å². The Labute approximate surface area is 127 Å². The maximum absolute atomic E-state index is 12.6. The van der Waals surface area contributed by atoms with Gasteiger partial charge in [-0.15, -0.1) is 0 Å². The van der Waals surface area contributed by atoms with Gasteiger partial charge in [-0.3, -0.25) is 10.1 Å². The van der Waals surface area contributed by atoms with Crippen molar-refractivity contribution in [3.05, 3.63) is 35.9 Å². The molecule has 1 aromatic rings. The molecule has 1 saturated heterocycles. The molecular weight excluding hydrogens is 260 g/mol. The van der Waals surface area contributed by atoms with Crippen LogP contribution in [0, 0.1) is 5.92 Å². The van der Waals surface area contributed by atoms with Crippen LogP contribution in [-0.4, -0.2) is 29.6 Å². The average Bonchev–Trinajstić information content (AvgIpc) is 2.87. The highest BCUT2D eigenvalue weighted by atomic mass is 16.2. The number of nitrogens with zero attached hydrogens (tertiary/aromatic N) is 1. The molecule has 21 heavy (non-hydrogen) atoms. The van der Waals surface area contributed by atoms with E-state index in [1.54, 1.807) is 0 Å². The van der Waals surface area contributed by atoms with Crippen LogP contribution in [0.15, 0.2) is 30.3 Å². The number of carbonyl (C=O) groups is 1. The summed E-state index contributed by atoms with van der Waals surface area (Å²) < 4.78 is 0. The fourth-order valence-corrected chi connectivity index (χ4v) is 3.75. The topological polar surface area (TPSA) is 32.3 Å². The van der Waals surface area contributed by atoms with Crippen LogP contribution < -0.4 is 5.32 Å². The molecule has 1 aromatic carbocycles. The summed E-state index contributed by atoms with van der Waals surface area (Å²) in [6.45, 7) is 3.06. The van der Waals surface area contributed by atoms with Crippen molar-refractivity contribution in [2.45, 2.75) is 57.5 Å². The maximum Gasteiger partial charge on any atom is 0.241 e. The zero-order valence-electron chi connectivity index (χ0n) is 12.9. The Morgan fingerprint density at radius 2 is 2.05 bits per heavy atom. The minimum absolute atomic E-state index is 0.0161. The summed E-state index contributed by atoms with van der Waals surface area (Å²) in [4.78, 5) is 14.7. The minimum Gasteiger partial charge on any atom is -0.326 e. The third-order valence-electron chi connectivity index (χ3n) is 5.00. The molecule has 0 bridgehead atoms. The molecule has 0 spiro atoms. The van der Waals surface area contributed by atoms with Gasteiger partial charge in [-0.05, 0) is 37.2 Å². The van der Waals surface area contributed by atoms with Crippen LogP contribution in [0.2, 0.25) is 0 Å². The number of benzene rings is 1. The van der Waals surface area contributed by atoms with Crippen LogP contribution in [0.25, 0.3) is 0 Å². The molecule has 3 nitrogen and oxygen atoms in total. The van der Waals surface area contributed by atoms with E-state index in [2.05, 4.69) is 41.4 Å². The number of nitrogens with one attached hydrogen (secondary N) is 1. The van der Waals surface area contributed by atoms with Gasteiger partial charge in [-0.25, -0.2) is 0 Å². The molecule has 114 valence electrons.